The van der Waals surface area contributed by atoms with Crippen molar-refractivity contribution >= 4 is 0 Å². The van der Waals surface area contributed by atoms with Crippen molar-refractivity contribution in [2.75, 3.05) is 0 Å². The zero-order valence-corrected chi connectivity index (χ0v) is 6.48. The van der Waals surface area contributed by atoms with E-state index in [1.54, 1.807) is 0 Å². The van der Waals surface area contributed by atoms with Gasteiger partial charge in [-0.15, -0.1) is 0 Å². The first kappa shape index (κ1) is 7.35. The molecule has 56 valence electrons. The van der Waals surface area contributed by atoms with Crippen LogP contribution < -0.4 is 5.73 Å². The van der Waals surface area contributed by atoms with E-state index in [0.29, 0.717) is 6.54 Å². The molecule has 0 aromatic carbocycles. The molecule has 1 aromatic heterocycles. The van der Waals surface area contributed by atoms with Crippen molar-refractivity contribution in [3.8, 4) is 0 Å². The molecule has 0 atom stereocenters. The third kappa shape index (κ3) is 1.21. The van der Waals surface area contributed by atoms with Crippen molar-refractivity contribution in [1.82, 2.24) is 0 Å². The minimum Gasteiger partial charge on any atom is -0.465 e. The van der Waals surface area contributed by atoms with Crippen LogP contribution in [0.3, 0.4) is 0 Å². The largest absolute Gasteiger partial charge is 0.465 e. The Morgan fingerprint density at radius 3 is 2.60 bits per heavy atom. The third-order valence-electron chi connectivity index (χ3n) is 1.65. The van der Waals surface area contributed by atoms with E-state index in [0.717, 1.165) is 17.9 Å². The molecule has 0 fully saturated rings. The summed E-state index contributed by atoms with van der Waals surface area (Å²) >= 11 is 0. The Hall–Kier alpha value is -0.760. The van der Waals surface area contributed by atoms with Gasteiger partial charge in [-0.05, 0) is 25.0 Å². The lowest BCUT2D eigenvalue weighted by molar-refractivity contribution is 0.483. The fourth-order valence-electron chi connectivity index (χ4n) is 1.04. The van der Waals surface area contributed by atoms with Gasteiger partial charge in [-0.25, -0.2) is 0 Å². The first-order valence-electron chi connectivity index (χ1n) is 3.56. The number of furan rings is 1. The van der Waals surface area contributed by atoms with E-state index in [4.69, 9.17) is 10.2 Å². The fourth-order valence-corrected chi connectivity index (χ4v) is 1.04. The van der Waals surface area contributed by atoms with E-state index < -0.39 is 0 Å². The number of rotatable bonds is 2. The van der Waals surface area contributed by atoms with Gasteiger partial charge in [0.15, 0.2) is 0 Å². The van der Waals surface area contributed by atoms with Crippen LogP contribution in [0.1, 0.15) is 24.0 Å². The highest BCUT2D eigenvalue weighted by Crippen LogP contribution is 2.13. The molecule has 0 saturated carbocycles. The normalized spacial score (nSPS) is 10.3. The maximum atomic E-state index is 5.39. The van der Waals surface area contributed by atoms with Gasteiger partial charge in [0.1, 0.15) is 11.5 Å². The lowest BCUT2D eigenvalue weighted by Crippen LogP contribution is -1.92. The summed E-state index contributed by atoms with van der Waals surface area (Å²) in [7, 11) is 0. The van der Waals surface area contributed by atoms with Gasteiger partial charge in [0.25, 0.3) is 0 Å². The highest BCUT2D eigenvalue weighted by molar-refractivity contribution is 5.20. The van der Waals surface area contributed by atoms with Gasteiger partial charge in [-0.3, -0.25) is 0 Å². The van der Waals surface area contributed by atoms with Gasteiger partial charge in [0.2, 0.25) is 0 Å². The molecule has 0 aliphatic carbocycles. The summed E-state index contributed by atoms with van der Waals surface area (Å²) in [5, 5.41) is 0. The summed E-state index contributed by atoms with van der Waals surface area (Å²) in [5.41, 5.74) is 6.66. The molecule has 1 rings (SSSR count). The van der Waals surface area contributed by atoms with Crippen molar-refractivity contribution in [2.24, 2.45) is 5.73 Å². The molecule has 2 N–H and O–H groups in total. The Kier molecular flexibility index (Phi) is 2.12. The Bertz CT molecular complexity index is 215. The molecular formula is C8H13NO. The molecule has 0 aliphatic heterocycles. The standard InChI is InChI=1S/C8H13NO/c1-3-7-4-8(5-9)10-6(7)2/h4H,3,5,9H2,1-2H3. The maximum absolute atomic E-state index is 5.39. The van der Waals surface area contributed by atoms with E-state index in [2.05, 4.69) is 6.92 Å². The van der Waals surface area contributed by atoms with Crippen LogP contribution in [0, 0.1) is 6.92 Å². The molecule has 0 saturated heterocycles. The van der Waals surface area contributed by atoms with Crippen LogP contribution in [0.4, 0.5) is 0 Å². The molecule has 0 aliphatic rings. The number of aryl methyl sites for hydroxylation is 2. The molecule has 0 amide bonds. The minimum absolute atomic E-state index is 0.501. The average Bonchev–Trinajstić information content (AvgIpc) is 2.30. The van der Waals surface area contributed by atoms with Crippen molar-refractivity contribution in [1.29, 1.82) is 0 Å². The van der Waals surface area contributed by atoms with Gasteiger partial charge in [0.05, 0.1) is 6.54 Å². The highest BCUT2D eigenvalue weighted by Gasteiger charge is 2.02. The monoisotopic (exact) mass is 139 g/mol. The van der Waals surface area contributed by atoms with Crippen LogP contribution in [0.15, 0.2) is 10.5 Å². The van der Waals surface area contributed by atoms with Crippen LogP contribution in [0.5, 0.6) is 0 Å². The lowest BCUT2D eigenvalue weighted by atomic mass is 10.2. The van der Waals surface area contributed by atoms with Gasteiger partial charge in [-0.2, -0.15) is 0 Å². The van der Waals surface area contributed by atoms with Crippen LogP contribution >= 0.6 is 0 Å². The van der Waals surface area contributed by atoms with E-state index in [9.17, 15) is 0 Å². The third-order valence-corrected chi connectivity index (χ3v) is 1.65. The second-order valence-electron chi connectivity index (χ2n) is 2.35. The zero-order valence-electron chi connectivity index (χ0n) is 6.48. The van der Waals surface area contributed by atoms with Crippen molar-refractivity contribution in [3.05, 3.63) is 23.2 Å². The molecule has 0 radical (unpaired) electrons. The number of nitrogens with two attached hydrogens (primary N) is 1. The SMILES string of the molecule is CCc1cc(CN)oc1C. The van der Waals surface area contributed by atoms with Crippen LogP contribution in [0.25, 0.3) is 0 Å². The maximum Gasteiger partial charge on any atom is 0.118 e. The summed E-state index contributed by atoms with van der Waals surface area (Å²) in [4.78, 5) is 0. The summed E-state index contributed by atoms with van der Waals surface area (Å²) in [6, 6.07) is 2.02. The summed E-state index contributed by atoms with van der Waals surface area (Å²) in [5.74, 6) is 1.89. The van der Waals surface area contributed by atoms with E-state index in [1.807, 2.05) is 13.0 Å². The molecule has 0 spiro atoms. The zero-order chi connectivity index (χ0) is 7.56. The predicted molar refractivity (Wildman–Crippen MR) is 40.7 cm³/mol. The van der Waals surface area contributed by atoms with Crippen molar-refractivity contribution in [2.45, 2.75) is 26.8 Å². The Balaban J connectivity index is 2.92. The molecular weight excluding hydrogens is 126 g/mol. The minimum atomic E-state index is 0.501. The smallest absolute Gasteiger partial charge is 0.118 e. The van der Waals surface area contributed by atoms with Gasteiger partial charge in [-0.1, -0.05) is 6.92 Å². The second-order valence-corrected chi connectivity index (χ2v) is 2.35. The van der Waals surface area contributed by atoms with Crippen LogP contribution in [-0.2, 0) is 13.0 Å². The molecule has 0 bridgehead atoms. The molecule has 10 heavy (non-hydrogen) atoms. The molecule has 1 aromatic rings. The molecule has 2 nitrogen and oxygen atoms in total. The Labute approximate surface area is 61.0 Å². The fraction of sp³-hybridized carbons (Fsp3) is 0.500. The van der Waals surface area contributed by atoms with Crippen LogP contribution in [-0.4, -0.2) is 0 Å². The first-order chi connectivity index (χ1) is 4.77. The van der Waals surface area contributed by atoms with Gasteiger partial charge >= 0.3 is 0 Å². The first-order valence-corrected chi connectivity index (χ1v) is 3.56. The quantitative estimate of drug-likeness (QED) is 0.676. The molecule has 2 heteroatoms. The van der Waals surface area contributed by atoms with E-state index in [-0.39, 0.29) is 0 Å². The van der Waals surface area contributed by atoms with Gasteiger partial charge < -0.3 is 10.2 Å². The number of hydrogen-bond acceptors (Lipinski definition) is 2. The summed E-state index contributed by atoms with van der Waals surface area (Å²) in [6.07, 6.45) is 1.02. The van der Waals surface area contributed by atoms with Crippen molar-refractivity contribution < 1.29 is 4.42 Å². The average molecular weight is 139 g/mol. The molecule has 0 unspecified atom stereocenters. The van der Waals surface area contributed by atoms with Gasteiger partial charge in [0, 0.05) is 0 Å². The van der Waals surface area contributed by atoms with Crippen molar-refractivity contribution in [3.63, 3.8) is 0 Å². The van der Waals surface area contributed by atoms with E-state index >= 15 is 0 Å². The van der Waals surface area contributed by atoms with Crippen LogP contribution in [0.2, 0.25) is 0 Å². The van der Waals surface area contributed by atoms with E-state index in [1.165, 1.54) is 5.56 Å². The highest BCUT2D eigenvalue weighted by atomic mass is 16.3. The number of hydrogen-bond donors (Lipinski definition) is 1. The summed E-state index contributed by atoms with van der Waals surface area (Å²) in [6.45, 7) is 4.58. The summed E-state index contributed by atoms with van der Waals surface area (Å²) < 4.78 is 5.33. The lowest BCUT2D eigenvalue weighted by Gasteiger charge is -1.86. The Morgan fingerprint density at radius 2 is 2.30 bits per heavy atom. The topological polar surface area (TPSA) is 39.2 Å². The molecule has 1 heterocycles. The predicted octanol–water partition coefficient (Wildman–Crippen LogP) is 1.61. The Morgan fingerprint density at radius 1 is 1.60 bits per heavy atom. The second kappa shape index (κ2) is 2.88.